The number of ether oxygens (including phenoxy) is 1. The topological polar surface area (TPSA) is 148 Å². The van der Waals surface area contributed by atoms with E-state index in [-0.39, 0.29) is 22.9 Å². The Morgan fingerprint density at radius 2 is 1.67 bits per heavy atom. The second-order valence-electron chi connectivity index (χ2n) is 7.99. The molecular formula is C19H21F6N6O4P. The van der Waals surface area contributed by atoms with Crippen LogP contribution in [0.5, 0.6) is 0 Å². The minimum absolute atomic E-state index is 0.0600. The molecule has 0 aliphatic heterocycles. The van der Waals surface area contributed by atoms with E-state index in [1.165, 1.54) is 10.9 Å². The molecule has 0 aliphatic carbocycles. The van der Waals surface area contributed by atoms with E-state index in [0.29, 0.717) is 5.69 Å². The maximum atomic E-state index is 13.1. The molecule has 5 N–H and O–H groups in total. The highest BCUT2D eigenvalue weighted by Crippen LogP contribution is 2.60. The third-order valence-electron chi connectivity index (χ3n) is 4.88. The summed E-state index contributed by atoms with van der Waals surface area (Å²) >= 11 is 0. The molecule has 0 aliphatic rings. The number of para-hydroxylation sites is 1. The standard InChI is InChI=1S/C19H21F6N6O4P/c1-11(35-17(36(32,33)34,8-18(20,21)22)9-19(23,24)25)7-31-10-27-13-14(29-16(26)30-15(13)31)28-12-5-3-2-4-6-12/h2-6,10-11H,7-9H2,1H3,(H2,32,33,34)(H3,26,28,29,30). The van der Waals surface area contributed by atoms with Crippen molar-refractivity contribution >= 4 is 36.2 Å². The molecule has 17 heteroatoms. The van der Waals surface area contributed by atoms with Gasteiger partial charge < -0.3 is 30.1 Å². The van der Waals surface area contributed by atoms with Crippen molar-refractivity contribution < 1.29 is 45.4 Å². The number of fused-ring (bicyclic) bond motifs is 1. The van der Waals surface area contributed by atoms with Crippen LogP contribution in [0.15, 0.2) is 36.7 Å². The molecule has 10 nitrogen and oxygen atoms in total. The molecule has 3 rings (SSSR count). The normalized spacial score (nSPS) is 14.2. The van der Waals surface area contributed by atoms with Gasteiger partial charge in [0.15, 0.2) is 22.3 Å². The van der Waals surface area contributed by atoms with E-state index in [9.17, 15) is 40.7 Å². The number of alkyl halides is 6. The van der Waals surface area contributed by atoms with Gasteiger partial charge in [0, 0.05) is 5.69 Å². The first-order chi connectivity index (χ1) is 16.5. The van der Waals surface area contributed by atoms with Crippen molar-refractivity contribution in [1.29, 1.82) is 0 Å². The zero-order chi connectivity index (χ0) is 26.9. The van der Waals surface area contributed by atoms with Gasteiger partial charge in [-0.25, -0.2) is 4.98 Å². The Labute approximate surface area is 199 Å². The number of rotatable bonds is 9. The molecule has 198 valence electrons. The Morgan fingerprint density at radius 3 is 2.19 bits per heavy atom. The number of hydrogen-bond acceptors (Lipinski definition) is 7. The molecule has 0 bridgehead atoms. The lowest BCUT2D eigenvalue weighted by Gasteiger charge is -2.37. The van der Waals surface area contributed by atoms with Gasteiger partial charge in [0.05, 0.1) is 31.8 Å². The molecule has 1 unspecified atom stereocenters. The van der Waals surface area contributed by atoms with Crippen LogP contribution in [0.25, 0.3) is 11.2 Å². The lowest BCUT2D eigenvalue weighted by Crippen LogP contribution is -2.44. The highest BCUT2D eigenvalue weighted by molar-refractivity contribution is 7.53. The summed E-state index contributed by atoms with van der Waals surface area (Å²) in [6.45, 7) is 0.603. The molecule has 1 aromatic carbocycles. The van der Waals surface area contributed by atoms with Gasteiger partial charge in [-0.05, 0) is 19.1 Å². The van der Waals surface area contributed by atoms with Crippen molar-refractivity contribution in [3.63, 3.8) is 0 Å². The van der Waals surface area contributed by atoms with E-state index in [0.717, 1.165) is 6.92 Å². The maximum Gasteiger partial charge on any atom is 0.392 e. The predicted molar refractivity (Wildman–Crippen MR) is 116 cm³/mol. The molecule has 3 aromatic rings. The van der Waals surface area contributed by atoms with E-state index in [1.54, 1.807) is 30.3 Å². The Morgan fingerprint density at radius 1 is 1.08 bits per heavy atom. The van der Waals surface area contributed by atoms with Crippen LogP contribution in [0, 0.1) is 0 Å². The fourth-order valence-electron chi connectivity index (χ4n) is 3.58. The number of nitrogens with two attached hydrogens (primary N) is 1. The number of halogens is 6. The number of benzene rings is 1. The molecule has 1 atom stereocenters. The van der Waals surface area contributed by atoms with Crippen LogP contribution in [0.3, 0.4) is 0 Å². The number of nitrogens with one attached hydrogen (secondary N) is 1. The summed E-state index contributed by atoms with van der Waals surface area (Å²) in [5, 5.41) is -0.909. The first-order valence-electron chi connectivity index (χ1n) is 10.2. The van der Waals surface area contributed by atoms with Crippen LogP contribution in [0.2, 0.25) is 0 Å². The van der Waals surface area contributed by atoms with Gasteiger partial charge in [0.25, 0.3) is 0 Å². The average Bonchev–Trinajstić information content (AvgIpc) is 3.07. The Kier molecular flexibility index (Phi) is 7.56. The van der Waals surface area contributed by atoms with Gasteiger partial charge in [-0.3, -0.25) is 4.57 Å². The summed E-state index contributed by atoms with van der Waals surface area (Å²) in [6, 6.07) is 8.72. The van der Waals surface area contributed by atoms with Gasteiger partial charge in [-0.1, -0.05) is 18.2 Å². The minimum atomic E-state index is -6.09. The quantitative estimate of drug-likeness (QED) is 0.229. The lowest BCUT2D eigenvalue weighted by atomic mass is 10.1. The summed E-state index contributed by atoms with van der Waals surface area (Å²) in [5.41, 5.74) is 6.60. The van der Waals surface area contributed by atoms with Crippen LogP contribution in [-0.2, 0) is 15.8 Å². The molecule has 0 saturated carbocycles. The van der Waals surface area contributed by atoms with E-state index < -0.39 is 50.8 Å². The van der Waals surface area contributed by atoms with Gasteiger partial charge in [-0.15, -0.1) is 0 Å². The molecule has 0 saturated heterocycles. The van der Waals surface area contributed by atoms with Crippen LogP contribution in [-0.4, -0.2) is 53.1 Å². The van der Waals surface area contributed by atoms with Crippen LogP contribution < -0.4 is 11.1 Å². The monoisotopic (exact) mass is 542 g/mol. The van der Waals surface area contributed by atoms with Crippen LogP contribution in [0.1, 0.15) is 19.8 Å². The molecule has 36 heavy (non-hydrogen) atoms. The molecule has 0 amide bonds. The predicted octanol–water partition coefficient (Wildman–Crippen LogP) is 4.34. The van der Waals surface area contributed by atoms with Crippen molar-refractivity contribution in [3.8, 4) is 0 Å². The highest BCUT2D eigenvalue weighted by atomic mass is 31.2. The van der Waals surface area contributed by atoms with Crippen molar-refractivity contribution in [3.05, 3.63) is 36.7 Å². The van der Waals surface area contributed by atoms with Gasteiger partial charge in [0.2, 0.25) is 5.95 Å². The molecule has 2 heterocycles. The van der Waals surface area contributed by atoms with E-state index in [1.807, 2.05) is 0 Å². The Bertz CT molecular complexity index is 1230. The maximum absolute atomic E-state index is 13.1. The SMILES string of the molecule is CC(Cn1cnc2c(Nc3ccccc3)nc(N)nc21)OC(CC(F)(F)F)(CC(F)(F)F)P(=O)(O)O. The highest BCUT2D eigenvalue weighted by Gasteiger charge is 2.60. The fraction of sp³-hybridized carbons (Fsp3) is 0.421. The molecular weight excluding hydrogens is 521 g/mol. The van der Waals surface area contributed by atoms with Gasteiger partial charge in [0.1, 0.15) is 0 Å². The number of anilines is 3. The van der Waals surface area contributed by atoms with E-state index in [2.05, 4.69) is 20.3 Å². The lowest BCUT2D eigenvalue weighted by molar-refractivity contribution is -0.220. The second kappa shape index (κ2) is 9.84. The van der Waals surface area contributed by atoms with E-state index >= 15 is 0 Å². The second-order valence-corrected chi connectivity index (χ2v) is 9.90. The van der Waals surface area contributed by atoms with Crippen molar-refractivity contribution in [2.45, 2.75) is 50.1 Å². The van der Waals surface area contributed by atoms with Crippen molar-refractivity contribution in [2.24, 2.45) is 0 Å². The fourth-order valence-corrected chi connectivity index (χ4v) is 4.66. The minimum Gasteiger partial charge on any atom is -0.368 e. The molecule has 0 radical (unpaired) electrons. The van der Waals surface area contributed by atoms with E-state index in [4.69, 9.17) is 10.5 Å². The summed E-state index contributed by atoms with van der Waals surface area (Å²) in [4.78, 5) is 31.3. The summed E-state index contributed by atoms with van der Waals surface area (Å²) < 4.78 is 96.7. The molecule has 2 aromatic heterocycles. The van der Waals surface area contributed by atoms with Crippen molar-refractivity contribution in [2.75, 3.05) is 11.1 Å². The third kappa shape index (κ3) is 6.84. The van der Waals surface area contributed by atoms with Gasteiger partial charge in [-0.2, -0.15) is 36.3 Å². The average molecular weight is 542 g/mol. The molecule has 0 spiro atoms. The molecule has 0 fully saturated rings. The zero-order valence-electron chi connectivity index (χ0n) is 18.5. The smallest absolute Gasteiger partial charge is 0.368 e. The number of nitrogen functional groups attached to an aromatic ring is 1. The number of imidazole rings is 1. The number of aromatic nitrogens is 4. The number of nitrogens with zero attached hydrogens (tertiary/aromatic N) is 4. The van der Waals surface area contributed by atoms with Gasteiger partial charge >= 0.3 is 19.9 Å². The first-order valence-corrected chi connectivity index (χ1v) is 11.8. The summed E-state index contributed by atoms with van der Waals surface area (Å²) in [5.74, 6) is -0.0373. The van der Waals surface area contributed by atoms with Crippen LogP contribution in [0.4, 0.5) is 43.8 Å². The summed E-state index contributed by atoms with van der Waals surface area (Å²) in [7, 11) is -6.09. The van der Waals surface area contributed by atoms with Crippen molar-refractivity contribution in [1.82, 2.24) is 19.5 Å². The Hall–Kier alpha value is -2.94. The van der Waals surface area contributed by atoms with Crippen LogP contribution >= 0.6 is 7.60 Å². The zero-order valence-corrected chi connectivity index (χ0v) is 19.3. The summed E-state index contributed by atoms with van der Waals surface area (Å²) in [6.07, 6.45) is -16.2. The Balaban J connectivity index is 1.94. The third-order valence-corrected chi connectivity index (χ3v) is 6.36. The largest absolute Gasteiger partial charge is 0.392 e. The number of hydrogen-bond donors (Lipinski definition) is 4. The first kappa shape index (κ1) is 27.6.